The van der Waals surface area contributed by atoms with Crippen molar-refractivity contribution in [1.82, 2.24) is 25.0 Å². The molecule has 2 aliphatic heterocycles. The van der Waals surface area contributed by atoms with E-state index in [4.69, 9.17) is 4.74 Å². The first-order chi connectivity index (χ1) is 18.5. The first-order valence-corrected chi connectivity index (χ1v) is 12.9. The summed E-state index contributed by atoms with van der Waals surface area (Å²) in [4.78, 5) is 61.2. The van der Waals surface area contributed by atoms with E-state index < -0.39 is 29.3 Å². The van der Waals surface area contributed by atoms with Crippen LogP contribution in [-0.4, -0.2) is 82.3 Å². The van der Waals surface area contributed by atoms with Crippen molar-refractivity contribution in [3.8, 4) is 5.88 Å². The van der Waals surface area contributed by atoms with Gasteiger partial charge < -0.3 is 19.9 Å². The Morgan fingerprint density at radius 2 is 1.85 bits per heavy atom. The lowest BCUT2D eigenvalue weighted by Crippen LogP contribution is -2.60. The average molecular weight is 540 g/mol. The Hall–Kier alpha value is -4.02. The zero-order valence-corrected chi connectivity index (χ0v) is 22.9. The summed E-state index contributed by atoms with van der Waals surface area (Å²) in [5.74, 6) is -1.74. The van der Waals surface area contributed by atoms with Crippen LogP contribution in [0.4, 0.5) is 9.18 Å². The predicted molar refractivity (Wildman–Crippen MR) is 140 cm³/mol. The predicted octanol–water partition coefficient (Wildman–Crippen LogP) is 2.75. The molecule has 11 heteroatoms. The number of nitrogens with one attached hydrogen (secondary N) is 1. The number of carbonyl (C=O) groups is 4. The molecule has 5 amide bonds. The third kappa shape index (κ3) is 5.30. The second kappa shape index (κ2) is 11.0. The lowest BCUT2D eigenvalue weighted by molar-refractivity contribution is -0.142. The first-order valence-electron chi connectivity index (χ1n) is 12.9. The van der Waals surface area contributed by atoms with Crippen LogP contribution in [0.25, 0.3) is 0 Å². The Labute approximate surface area is 227 Å². The molecule has 1 N–H and O–H groups in total. The number of likely N-dealkylation sites (N-methyl/N-ethyl adjacent to an activating group) is 1. The van der Waals surface area contributed by atoms with Crippen molar-refractivity contribution in [3.05, 3.63) is 59.0 Å². The molecule has 0 unspecified atom stereocenters. The van der Waals surface area contributed by atoms with Crippen LogP contribution >= 0.6 is 0 Å². The number of nitrogens with zero attached hydrogens (tertiary/aromatic N) is 4. The lowest BCUT2D eigenvalue weighted by atomic mass is 9.85. The highest BCUT2D eigenvalue weighted by atomic mass is 19.1. The molecular weight excluding hydrogens is 505 g/mol. The summed E-state index contributed by atoms with van der Waals surface area (Å²) in [5.41, 5.74) is 0.277. The molecule has 0 radical (unpaired) electrons. The molecule has 0 bridgehead atoms. The topological polar surface area (TPSA) is 112 Å². The smallest absolute Gasteiger partial charge is 0.327 e. The summed E-state index contributed by atoms with van der Waals surface area (Å²) in [6.45, 7) is 6.00. The summed E-state index contributed by atoms with van der Waals surface area (Å²) >= 11 is 0. The van der Waals surface area contributed by atoms with E-state index in [0.29, 0.717) is 5.88 Å². The Bertz CT molecular complexity index is 1270. The number of carbonyl (C=O) groups excluding carboxylic acids is 4. The van der Waals surface area contributed by atoms with Gasteiger partial charge in [-0.15, -0.1) is 0 Å². The molecule has 1 spiro atoms. The van der Waals surface area contributed by atoms with Crippen LogP contribution in [0.3, 0.4) is 0 Å². The highest BCUT2D eigenvalue weighted by Gasteiger charge is 2.57. The monoisotopic (exact) mass is 539 g/mol. The quantitative estimate of drug-likeness (QED) is 0.542. The fraction of sp³-hybridized carbons (Fsp3) is 0.464. The SMILES string of the molecule is COc1ccc(CN2C(=O)N(C)C(=O)C23CCN(C(=O)[C@H](NC(=O)c2cc(C)ccc2F)C(C)C)CC3)cn1. The molecule has 10 nitrogen and oxygen atoms in total. The lowest BCUT2D eigenvalue weighted by Gasteiger charge is -2.43. The highest BCUT2D eigenvalue weighted by Crippen LogP contribution is 2.38. The number of likely N-dealkylation sites (tertiary alicyclic amines) is 1. The standard InChI is InChI=1S/C28H34FN5O5/c1-17(2)23(31-24(35)20-14-18(3)6-8-21(20)29)25(36)33-12-10-28(11-13-33)26(37)32(4)27(38)34(28)16-19-7-9-22(39-5)30-15-19/h6-9,14-15,17,23H,10-13,16H2,1-5H3,(H,31,35)/t23-/m1/s1. The van der Waals surface area contributed by atoms with Gasteiger partial charge >= 0.3 is 6.03 Å². The largest absolute Gasteiger partial charge is 0.481 e. The van der Waals surface area contributed by atoms with Crippen molar-refractivity contribution in [2.75, 3.05) is 27.2 Å². The molecule has 2 aromatic rings. The van der Waals surface area contributed by atoms with Crippen molar-refractivity contribution in [2.45, 2.75) is 51.7 Å². The van der Waals surface area contributed by atoms with Crippen molar-refractivity contribution < 1.29 is 28.3 Å². The zero-order chi connectivity index (χ0) is 28.5. The second-order valence-electron chi connectivity index (χ2n) is 10.5. The maximum Gasteiger partial charge on any atom is 0.327 e. The van der Waals surface area contributed by atoms with Crippen LogP contribution in [0, 0.1) is 18.7 Å². The Morgan fingerprint density at radius 1 is 1.15 bits per heavy atom. The van der Waals surface area contributed by atoms with E-state index in [1.54, 1.807) is 55.0 Å². The minimum atomic E-state index is -1.08. The summed E-state index contributed by atoms with van der Waals surface area (Å²) in [6.07, 6.45) is 2.11. The number of amides is 5. The van der Waals surface area contributed by atoms with Gasteiger partial charge in [0.25, 0.3) is 11.8 Å². The molecule has 0 aliphatic carbocycles. The fourth-order valence-electron chi connectivity index (χ4n) is 5.23. The van der Waals surface area contributed by atoms with Crippen LogP contribution in [-0.2, 0) is 16.1 Å². The van der Waals surface area contributed by atoms with Crippen LogP contribution in [0.5, 0.6) is 5.88 Å². The normalized spacial score (nSPS) is 17.7. The van der Waals surface area contributed by atoms with Gasteiger partial charge in [0.1, 0.15) is 17.4 Å². The van der Waals surface area contributed by atoms with E-state index in [9.17, 15) is 23.6 Å². The van der Waals surface area contributed by atoms with E-state index >= 15 is 0 Å². The first kappa shape index (κ1) is 28.0. The molecule has 4 rings (SSSR count). The Balaban J connectivity index is 1.49. The third-order valence-corrected chi connectivity index (χ3v) is 7.57. The summed E-state index contributed by atoms with van der Waals surface area (Å²) in [7, 11) is 2.98. The molecule has 1 atom stereocenters. The van der Waals surface area contributed by atoms with E-state index in [1.807, 2.05) is 0 Å². The van der Waals surface area contributed by atoms with E-state index in [-0.39, 0.29) is 55.8 Å². The zero-order valence-electron chi connectivity index (χ0n) is 22.9. The Kier molecular flexibility index (Phi) is 7.89. The summed E-state index contributed by atoms with van der Waals surface area (Å²) < 4.78 is 19.4. The molecule has 2 aliphatic rings. The van der Waals surface area contributed by atoms with Gasteiger partial charge in [-0.3, -0.25) is 19.3 Å². The van der Waals surface area contributed by atoms with Gasteiger partial charge in [-0.1, -0.05) is 31.5 Å². The minimum absolute atomic E-state index is 0.118. The number of halogens is 1. The number of ether oxygens (including phenoxy) is 1. The number of imide groups is 1. The molecule has 1 aromatic carbocycles. The number of benzene rings is 1. The van der Waals surface area contributed by atoms with Gasteiger partial charge in [0.15, 0.2) is 0 Å². The van der Waals surface area contributed by atoms with Crippen LogP contribution in [0.1, 0.15) is 48.2 Å². The molecule has 3 heterocycles. The molecule has 2 fully saturated rings. The van der Waals surface area contributed by atoms with E-state index in [2.05, 4.69) is 10.3 Å². The van der Waals surface area contributed by atoms with Crippen LogP contribution in [0.15, 0.2) is 36.5 Å². The summed E-state index contributed by atoms with van der Waals surface area (Å²) in [5, 5.41) is 2.71. The van der Waals surface area contributed by atoms with Gasteiger partial charge in [0.05, 0.1) is 19.2 Å². The Morgan fingerprint density at radius 3 is 2.44 bits per heavy atom. The van der Waals surface area contributed by atoms with Gasteiger partial charge in [-0.2, -0.15) is 0 Å². The van der Waals surface area contributed by atoms with Gasteiger partial charge in [-0.25, -0.2) is 14.2 Å². The third-order valence-electron chi connectivity index (χ3n) is 7.57. The minimum Gasteiger partial charge on any atom is -0.481 e. The number of hydrogen-bond donors (Lipinski definition) is 1. The number of aryl methyl sites for hydroxylation is 1. The molecule has 2 saturated heterocycles. The van der Waals surface area contributed by atoms with Gasteiger partial charge in [-0.05, 0) is 43.4 Å². The van der Waals surface area contributed by atoms with Crippen molar-refractivity contribution in [2.24, 2.45) is 5.92 Å². The van der Waals surface area contributed by atoms with E-state index in [0.717, 1.165) is 16.0 Å². The molecule has 0 saturated carbocycles. The van der Waals surface area contributed by atoms with Gasteiger partial charge in [0, 0.05) is 32.4 Å². The molecule has 39 heavy (non-hydrogen) atoms. The fourth-order valence-corrected chi connectivity index (χ4v) is 5.23. The number of piperidine rings is 1. The number of aromatic nitrogens is 1. The van der Waals surface area contributed by atoms with Crippen LogP contribution < -0.4 is 10.1 Å². The highest BCUT2D eigenvalue weighted by molar-refractivity contribution is 6.07. The average Bonchev–Trinajstić information content (AvgIpc) is 3.09. The maximum absolute atomic E-state index is 14.3. The maximum atomic E-state index is 14.3. The molecule has 208 valence electrons. The number of hydrogen-bond acceptors (Lipinski definition) is 6. The van der Waals surface area contributed by atoms with Crippen molar-refractivity contribution >= 4 is 23.8 Å². The van der Waals surface area contributed by atoms with Gasteiger partial charge in [0.2, 0.25) is 11.8 Å². The molecule has 1 aromatic heterocycles. The van der Waals surface area contributed by atoms with E-state index in [1.165, 1.54) is 26.3 Å². The van der Waals surface area contributed by atoms with Crippen molar-refractivity contribution in [1.29, 1.82) is 0 Å². The van der Waals surface area contributed by atoms with Crippen molar-refractivity contribution in [3.63, 3.8) is 0 Å². The summed E-state index contributed by atoms with van der Waals surface area (Å²) in [6, 6.07) is 6.45. The second-order valence-corrected chi connectivity index (χ2v) is 10.5. The molecular formula is C28H34FN5O5. The number of rotatable bonds is 7. The number of urea groups is 1. The van der Waals surface area contributed by atoms with Crippen LogP contribution in [0.2, 0.25) is 0 Å². The number of pyridine rings is 1. The number of methoxy groups -OCH3 is 1.